The number of unbranched alkanes of at least 4 members (excludes halogenated alkanes) is 12. The van der Waals surface area contributed by atoms with Crippen molar-refractivity contribution in [3.8, 4) is 95.2 Å². The predicted molar refractivity (Wildman–Crippen MR) is 269 cm³/mol. The minimum atomic E-state index is -5.64. The standard InChI is InChI=1S/C42H51O19P3.H2S.15H2/c1-3-5-7-9-11-13-15-17-19-20-22-24-26-28-30-35(43)56-32-34(58-36(44)31-29-27-25-23-21-18-16-14-12-10-8-6-4-2)33-57-64(54,55)61-40-37(45)38(46)41(59-62(48,49)50)42(39(40)47)60-63(51,52)53;;;;;;;;;;;;;;;;/h1,34,37-42,45-47H,4,6,8,10,12,14,16,18,21,23,25,27,29,31-33H2,2H3,(H,54,55)(H2,48,49,50)(H2,51,52,53);1H2;15*1H/t34-,37?,38-,39+,40?,41?,42+;;;;;;;;;;;;;;;;/m1................/s1. The summed E-state index contributed by atoms with van der Waals surface area (Å²) < 4.78 is 64.5. The third-order valence-electron chi connectivity index (χ3n) is 8.39. The summed E-state index contributed by atoms with van der Waals surface area (Å²) in [5.74, 6) is 32.5. The van der Waals surface area contributed by atoms with E-state index in [1.807, 2.05) is 5.92 Å². The second-order valence-corrected chi connectivity index (χ2v) is 17.3. The van der Waals surface area contributed by atoms with Crippen LogP contribution in [0, 0.1) is 95.2 Å². The van der Waals surface area contributed by atoms with Gasteiger partial charge in [0.15, 0.2) is 6.10 Å². The van der Waals surface area contributed by atoms with Crippen LogP contribution in [0.25, 0.3) is 0 Å². The van der Waals surface area contributed by atoms with Crippen LogP contribution in [0.5, 0.6) is 0 Å². The molecule has 0 aliphatic heterocycles. The van der Waals surface area contributed by atoms with Gasteiger partial charge in [0.25, 0.3) is 0 Å². The number of terminal acetylenes is 1. The van der Waals surface area contributed by atoms with Gasteiger partial charge in [0, 0.05) is 33.7 Å². The highest BCUT2D eigenvalue weighted by molar-refractivity contribution is 7.59. The van der Waals surface area contributed by atoms with E-state index in [2.05, 4.69) is 98.9 Å². The molecule has 0 bridgehead atoms. The van der Waals surface area contributed by atoms with Gasteiger partial charge >= 0.3 is 35.4 Å². The molecule has 65 heavy (non-hydrogen) atoms. The molecule has 0 saturated heterocycles. The van der Waals surface area contributed by atoms with Crippen LogP contribution < -0.4 is 0 Å². The molecule has 19 nitrogen and oxygen atoms in total. The Morgan fingerprint density at radius 2 is 0.969 bits per heavy atom. The quantitative estimate of drug-likeness (QED) is 0.0163. The van der Waals surface area contributed by atoms with Gasteiger partial charge in [0.05, 0.1) is 6.61 Å². The maximum atomic E-state index is 13.0. The van der Waals surface area contributed by atoms with Gasteiger partial charge in [0.1, 0.15) is 43.2 Å². The molecule has 386 valence electrons. The first-order valence-electron chi connectivity index (χ1n) is 19.8. The van der Waals surface area contributed by atoms with Gasteiger partial charge in [-0.3, -0.25) is 22.9 Å². The average molecular weight is 1020 g/mol. The Bertz CT molecular complexity index is 2230. The number of aliphatic hydroxyl groups excluding tert-OH is 3. The number of carbonyl (C=O) groups is 2. The summed E-state index contributed by atoms with van der Waals surface area (Å²) in [5.41, 5.74) is 0. The van der Waals surface area contributed by atoms with E-state index in [4.69, 9.17) is 24.9 Å². The summed E-state index contributed by atoms with van der Waals surface area (Å²) >= 11 is 0. The van der Waals surface area contributed by atoms with E-state index >= 15 is 0 Å². The van der Waals surface area contributed by atoms with Gasteiger partial charge in [-0.25, -0.2) is 18.5 Å². The third-order valence-corrected chi connectivity index (χ3v) is 10.4. The summed E-state index contributed by atoms with van der Waals surface area (Å²) in [6.45, 7) is 0.344. The van der Waals surface area contributed by atoms with Gasteiger partial charge in [-0.15, -0.1) is 6.42 Å². The van der Waals surface area contributed by atoms with Crippen molar-refractivity contribution in [2.75, 3.05) is 13.2 Å². The van der Waals surface area contributed by atoms with E-state index in [0.29, 0.717) is 12.8 Å². The first kappa shape index (κ1) is 61.0. The van der Waals surface area contributed by atoms with E-state index in [1.165, 1.54) is 44.9 Å². The van der Waals surface area contributed by atoms with Crippen molar-refractivity contribution in [3.63, 3.8) is 0 Å². The predicted octanol–water partition coefficient (Wildman–Crippen LogP) is 5.94. The Balaban J connectivity index is -0.000000183. The number of phosphoric ester groups is 3. The van der Waals surface area contributed by atoms with Crippen LogP contribution in [0.3, 0.4) is 0 Å². The Hall–Kier alpha value is -4.02. The number of phosphoric acid groups is 3. The van der Waals surface area contributed by atoms with Crippen LogP contribution >= 0.6 is 37.0 Å². The Morgan fingerprint density at radius 3 is 1.42 bits per heavy atom. The van der Waals surface area contributed by atoms with Gasteiger partial charge in [-0.1, -0.05) is 84.0 Å². The lowest BCUT2D eigenvalue weighted by atomic mass is 9.85. The molecule has 8 N–H and O–H groups in total. The molecule has 0 heterocycles. The summed E-state index contributed by atoms with van der Waals surface area (Å²) in [6, 6.07) is 0. The van der Waals surface area contributed by atoms with Gasteiger partial charge in [-0.05, 0) is 89.3 Å². The first-order chi connectivity index (χ1) is 30.3. The maximum Gasteiger partial charge on any atom is 0.472 e. The lowest BCUT2D eigenvalue weighted by Crippen LogP contribution is -2.65. The zero-order chi connectivity index (χ0) is 47.9. The topological polar surface area (TPSA) is 303 Å². The zero-order valence-corrected chi connectivity index (χ0v) is 39.0. The SMILES string of the molecule is C#CC#CC#CC#CC#CC#CC#CC#CC(=O)OC[C@H](COP(=O)(O)OC1C(O)[C@@H](O)C(OP(=O)(O)O)[C@@H](OP(=O)(O)O)[C@H]1O)OC(=O)CCCCCCCCCCCCCCC.S.[HH].[HH].[HH].[HH].[HH].[HH].[HH].[HH].[HH].[HH].[HH].[HH].[HH].[HH].[HH]. The first-order valence-corrected chi connectivity index (χ1v) is 24.4. The van der Waals surface area contributed by atoms with Crippen LogP contribution in [0.4, 0.5) is 0 Å². The van der Waals surface area contributed by atoms with Crippen LogP contribution in [0.1, 0.15) is 118 Å². The fourth-order valence-corrected chi connectivity index (χ4v) is 7.63. The minimum Gasteiger partial charge on any atom is -0.456 e. The second kappa shape index (κ2) is 34.3. The molecule has 0 radical (unpaired) electrons. The van der Waals surface area contributed by atoms with Crippen molar-refractivity contribution in [2.45, 2.75) is 140 Å². The molecule has 0 aromatic rings. The molecular weight excluding hydrogens is 933 g/mol. The molecule has 0 amide bonds. The zero-order valence-electron chi connectivity index (χ0n) is 35.3. The molecule has 0 spiro atoms. The summed E-state index contributed by atoms with van der Waals surface area (Å²) in [6.07, 6.45) is 1.80. The van der Waals surface area contributed by atoms with Crippen molar-refractivity contribution in [2.24, 2.45) is 0 Å². The second-order valence-electron chi connectivity index (χ2n) is 13.5. The number of rotatable bonds is 26. The summed E-state index contributed by atoms with van der Waals surface area (Å²) in [4.78, 5) is 72.5. The van der Waals surface area contributed by atoms with Crippen molar-refractivity contribution in [1.29, 1.82) is 0 Å². The monoisotopic (exact) mass is 1020 g/mol. The molecule has 0 aromatic carbocycles. The molecule has 1 aliphatic rings. The normalized spacial score (nSPS) is 19.8. The molecular formula is C42H83O19P3S. The summed E-state index contributed by atoms with van der Waals surface area (Å²) in [5, 5.41) is 31.7. The van der Waals surface area contributed by atoms with E-state index in [0.717, 1.165) is 25.7 Å². The van der Waals surface area contributed by atoms with Gasteiger partial charge in [0.2, 0.25) is 0 Å². The molecule has 23 heteroatoms. The minimum absolute atomic E-state index is 0. The fraction of sp³-hybridized carbons (Fsp3) is 0.571. The molecule has 1 fully saturated rings. The molecule has 8 atom stereocenters. The largest absolute Gasteiger partial charge is 0.472 e. The van der Waals surface area contributed by atoms with E-state index < -0.39 is 91.3 Å². The lowest BCUT2D eigenvalue weighted by Gasteiger charge is -2.44. The van der Waals surface area contributed by atoms with Gasteiger partial charge < -0.3 is 49.3 Å². The molecule has 1 aliphatic carbocycles. The highest BCUT2D eigenvalue weighted by atomic mass is 32.1. The molecule has 1 rings (SSSR count). The number of esters is 2. The summed E-state index contributed by atoms with van der Waals surface area (Å²) in [7, 11) is -16.8. The Kier molecular flexibility index (Phi) is 32.2. The van der Waals surface area contributed by atoms with E-state index in [-0.39, 0.29) is 41.3 Å². The number of ether oxygens (including phenoxy) is 2. The van der Waals surface area contributed by atoms with Crippen molar-refractivity contribution >= 4 is 48.9 Å². The van der Waals surface area contributed by atoms with Crippen LogP contribution in [0.2, 0.25) is 0 Å². The highest BCUT2D eigenvalue weighted by Gasteiger charge is 2.56. The van der Waals surface area contributed by atoms with Crippen LogP contribution in [-0.4, -0.2) is 108 Å². The fourth-order valence-electron chi connectivity index (χ4n) is 5.53. The Morgan fingerprint density at radius 1 is 0.569 bits per heavy atom. The number of aliphatic hydroxyl groups is 3. The number of hydrogen-bond acceptors (Lipinski definition) is 14. The van der Waals surface area contributed by atoms with Crippen LogP contribution in [-0.2, 0) is 50.9 Å². The smallest absolute Gasteiger partial charge is 0.456 e. The third kappa shape index (κ3) is 30.7. The van der Waals surface area contributed by atoms with Crippen molar-refractivity contribution < 1.29 is 112 Å². The highest BCUT2D eigenvalue weighted by Crippen LogP contribution is 2.51. The lowest BCUT2D eigenvalue weighted by molar-refractivity contribution is -0.213. The molecule has 4 unspecified atom stereocenters. The van der Waals surface area contributed by atoms with Crippen molar-refractivity contribution in [1.82, 2.24) is 0 Å². The van der Waals surface area contributed by atoms with E-state index in [9.17, 15) is 63.1 Å². The number of carbonyl (C=O) groups excluding carboxylic acids is 2. The Labute approximate surface area is 408 Å². The van der Waals surface area contributed by atoms with Crippen molar-refractivity contribution in [3.05, 3.63) is 0 Å². The van der Waals surface area contributed by atoms with Gasteiger partial charge in [-0.2, -0.15) is 13.5 Å². The van der Waals surface area contributed by atoms with E-state index in [1.54, 1.807) is 0 Å². The number of hydrogen-bond donors (Lipinski definition) is 8. The van der Waals surface area contributed by atoms with Crippen LogP contribution in [0.15, 0.2) is 0 Å². The average Bonchev–Trinajstić information content (AvgIpc) is 3.22. The molecule has 1 saturated carbocycles. The maximum absolute atomic E-state index is 13.0. The molecule has 0 aromatic heterocycles.